The van der Waals surface area contributed by atoms with Gasteiger partial charge in [0.2, 0.25) is 10.0 Å². The molecule has 1 aliphatic rings. The van der Waals surface area contributed by atoms with Crippen LogP contribution in [0.5, 0.6) is 0 Å². The van der Waals surface area contributed by atoms with Crippen molar-refractivity contribution in [2.24, 2.45) is 0 Å². The predicted molar refractivity (Wildman–Crippen MR) is 102 cm³/mol. The van der Waals surface area contributed by atoms with Gasteiger partial charge in [-0.15, -0.1) is 0 Å². The van der Waals surface area contributed by atoms with Gasteiger partial charge in [-0.2, -0.15) is 4.31 Å². The van der Waals surface area contributed by atoms with Crippen LogP contribution in [0.25, 0.3) is 0 Å². The predicted octanol–water partition coefficient (Wildman–Crippen LogP) is 1.72. The summed E-state index contributed by atoms with van der Waals surface area (Å²) < 4.78 is 32.4. The number of quaternary nitrogens is 1. The molecule has 2 aromatic rings. The van der Waals surface area contributed by atoms with Crippen LogP contribution in [-0.4, -0.2) is 38.3 Å². The third-order valence-corrected chi connectivity index (χ3v) is 6.61. The minimum absolute atomic E-state index is 0.0246. The molecular weight excluding hydrogens is 366 g/mol. The summed E-state index contributed by atoms with van der Waals surface area (Å²) in [6.07, 6.45) is 4.45. The number of piperidine rings is 1. The Hall–Kier alpha value is -2.16. The third kappa shape index (κ3) is 4.97. The van der Waals surface area contributed by atoms with Crippen LogP contribution < -0.4 is 10.6 Å². The maximum absolute atomic E-state index is 12.8. The normalized spacial score (nSPS) is 16.8. The molecule has 8 heteroatoms. The van der Waals surface area contributed by atoms with Crippen molar-refractivity contribution < 1.29 is 22.9 Å². The van der Waals surface area contributed by atoms with E-state index in [9.17, 15) is 13.2 Å². The Morgan fingerprint density at radius 1 is 1.22 bits per heavy atom. The van der Waals surface area contributed by atoms with E-state index in [2.05, 4.69) is 5.32 Å². The summed E-state index contributed by atoms with van der Waals surface area (Å²) in [5.41, 5.74) is 0.483. The molecule has 0 radical (unpaired) electrons. The molecule has 146 valence electrons. The number of carbonyl (C=O) groups is 1. The van der Waals surface area contributed by atoms with Gasteiger partial charge in [0.05, 0.1) is 11.2 Å². The van der Waals surface area contributed by atoms with Crippen molar-refractivity contribution in [3.05, 3.63) is 48.4 Å². The fourth-order valence-corrected chi connectivity index (χ4v) is 4.71. The highest BCUT2D eigenvalue weighted by molar-refractivity contribution is 7.89. The molecule has 1 amide bonds. The topological polar surface area (TPSA) is 96.2 Å². The molecule has 27 heavy (non-hydrogen) atoms. The summed E-state index contributed by atoms with van der Waals surface area (Å²) in [7, 11) is -3.51. The van der Waals surface area contributed by atoms with Gasteiger partial charge in [-0.1, -0.05) is 12.5 Å². The zero-order valence-corrected chi connectivity index (χ0v) is 16.2. The van der Waals surface area contributed by atoms with Crippen LogP contribution in [0.3, 0.4) is 0 Å². The summed E-state index contributed by atoms with van der Waals surface area (Å²) in [5, 5.41) is 4.64. The van der Waals surface area contributed by atoms with E-state index in [1.165, 1.54) is 10.4 Å². The summed E-state index contributed by atoms with van der Waals surface area (Å²) in [4.78, 5) is 12.4. The summed E-state index contributed by atoms with van der Waals surface area (Å²) >= 11 is 0. The quantitative estimate of drug-likeness (QED) is 0.750. The highest BCUT2D eigenvalue weighted by Gasteiger charge is 2.26. The van der Waals surface area contributed by atoms with Crippen molar-refractivity contribution in [3.63, 3.8) is 0 Å². The molecule has 0 aliphatic carbocycles. The molecule has 1 fully saturated rings. The minimum atomic E-state index is -3.51. The second kappa shape index (κ2) is 8.69. The maximum atomic E-state index is 12.8. The van der Waals surface area contributed by atoms with E-state index < -0.39 is 10.0 Å². The van der Waals surface area contributed by atoms with Gasteiger partial charge >= 0.3 is 0 Å². The van der Waals surface area contributed by atoms with Crippen molar-refractivity contribution >= 4 is 21.6 Å². The van der Waals surface area contributed by atoms with E-state index in [-0.39, 0.29) is 23.4 Å². The van der Waals surface area contributed by atoms with E-state index in [0.717, 1.165) is 25.0 Å². The molecule has 7 nitrogen and oxygen atoms in total. The number of hydrogen-bond donors (Lipinski definition) is 2. The first-order valence-electron chi connectivity index (χ1n) is 9.23. The van der Waals surface area contributed by atoms with Gasteiger partial charge < -0.3 is 15.1 Å². The number of benzene rings is 1. The Labute approximate surface area is 159 Å². The summed E-state index contributed by atoms with van der Waals surface area (Å²) in [6, 6.07) is 10.2. The van der Waals surface area contributed by atoms with E-state index in [1.807, 2.05) is 24.4 Å². The Balaban J connectivity index is 1.60. The van der Waals surface area contributed by atoms with Crippen LogP contribution in [0.15, 0.2) is 52.0 Å². The van der Waals surface area contributed by atoms with Crippen molar-refractivity contribution in [3.8, 4) is 0 Å². The molecule has 3 rings (SSSR count). The van der Waals surface area contributed by atoms with Crippen molar-refractivity contribution in [1.82, 2.24) is 4.31 Å². The van der Waals surface area contributed by atoms with Crippen molar-refractivity contribution in [2.75, 3.05) is 25.0 Å². The number of amides is 1. The van der Waals surface area contributed by atoms with Gasteiger partial charge in [-0.05, 0) is 50.1 Å². The third-order valence-electron chi connectivity index (χ3n) is 4.72. The van der Waals surface area contributed by atoms with Gasteiger partial charge in [0, 0.05) is 18.8 Å². The molecule has 1 saturated heterocycles. The zero-order valence-electron chi connectivity index (χ0n) is 15.4. The van der Waals surface area contributed by atoms with Crippen LogP contribution >= 0.6 is 0 Å². The molecule has 0 saturated carbocycles. The monoisotopic (exact) mass is 392 g/mol. The highest BCUT2D eigenvalue weighted by atomic mass is 32.2. The van der Waals surface area contributed by atoms with Gasteiger partial charge in [0.1, 0.15) is 6.04 Å². The van der Waals surface area contributed by atoms with E-state index in [1.54, 1.807) is 24.5 Å². The SMILES string of the molecule is C[C@H]([NH2+]CC(=O)Nc1cccc(S(=O)(=O)N2CCCCC2)c1)c1ccco1. The second-order valence-corrected chi connectivity index (χ2v) is 8.72. The maximum Gasteiger partial charge on any atom is 0.279 e. The molecule has 1 aromatic heterocycles. The van der Waals surface area contributed by atoms with Crippen LogP contribution in [-0.2, 0) is 14.8 Å². The molecule has 1 atom stereocenters. The number of hydrogen-bond acceptors (Lipinski definition) is 4. The first kappa shape index (κ1) is 19.6. The van der Waals surface area contributed by atoms with E-state index >= 15 is 0 Å². The summed E-state index contributed by atoms with van der Waals surface area (Å²) in [6.45, 7) is 3.28. The van der Waals surface area contributed by atoms with Crippen molar-refractivity contribution in [1.29, 1.82) is 0 Å². The first-order chi connectivity index (χ1) is 13.0. The number of nitrogens with zero attached hydrogens (tertiary/aromatic N) is 1. The van der Waals surface area contributed by atoms with Gasteiger partial charge in [-0.3, -0.25) is 4.79 Å². The number of sulfonamides is 1. The fourth-order valence-electron chi connectivity index (χ4n) is 3.15. The average molecular weight is 393 g/mol. The largest absolute Gasteiger partial charge is 0.463 e. The molecule has 0 unspecified atom stereocenters. The Morgan fingerprint density at radius 3 is 2.70 bits per heavy atom. The summed E-state index contributed by atoms with van der Waals surface area (Å²) in [5.74, 6) is 0.610. The van der Waals surface area contributed by atoms with Gasteiger partial charge in [0.25, 0.3) is 5.91 Å². The number of anilines is 1. The number of nitrogens with two attached hydrogens (primary N) is 1. The van der Waals surface area contributed by atoms with E-state index in [4.69, 9.17) is 4.42 Å². The zero-order chi connectivity index (χ0) is 19.3. The Kier molecular flexibility index (Phi) is 6.30. The van der Waals surface area contributed by atoms with Gasteiger partial charge in [0.15, 0.2) is 12.3 Å². The minimum Gasteiger partial charge on any atom is -0.463 e. The lowest BCUT2D eigenvalue weighted by atomic mass is 10.2. The fraction of sp³-hybridized carbons (Fsp3) is 0.421. The molecule has 1 aromatic carbocycles. The van der Waals surface area contributed by atoms with Crippen molar-refractivity contribution in [2.45, 2.75) is 37.1 Å². The molecular formula is C19H26N3O4S+. The van der Waals surface area contributed by atoms with Crippen LogP contribution in [0.4, 0.5) is 5.69 Å². The molecule has 3 N–H and O–H groups in total. The number of nitrogens with one attached hydrogen (secondary N) is 1. The van der Waals surface area contributed by atoms with Crippen LogP contribution in [0, 0.1) is 0 Å². The van der Waals surface area contributed by atoms with Gasteiger partial charge in [-0.25, -0.2) is 8.42 Å². The molecule has 2 heterocycles. The van der Waals surface area contributed by atoms with Crippen LogP contribution in [0.1, 0.15) is 38.0 Å². The lowest BCUT2D eigenvalue weighted by Gasteiger charge is -2.26. The lowest BCUT2D eigenvalue weighted by molar-refractivity contribution is -0.684. The highest BCUT2D eigenvalue weighted by Crippen LogP contribution is 2.22. The number of rotatable bonds is 7. The standard InChI is InChI=1S/C19H25N3O4S/c1-15(18-9-6-12-26-18)20-14-19(23)21-16-7-5-8-17(13-16)27(24,25)22-10-3-2-4-11-22/h5-9,12-13,15,20H,2-4,10-11,14H2,1H3,(H,21,23)/p+1/t15-/m0/s1. The van der Waals surface area contributed by atoms with Crippen LogP contribution in [0.2, 0.25) is 0 Å². The smallest absolute Gasteiger partial charge is 0.279 e. The van der Waals surface area contributed by atoms with E-state index in [0.29, 0.717) is 18.8 Å². The second-order valence-electron chi connectivity index (χ2n) is 6.78. The number of furan rings is 1. The Bertz CT molecular complexity index is 859. The first-order valence-corrected chi connectivity index (χ1v) is 10.7. The molecule has 1 aliphatic heterocycles. The molecule has 0 bridgehead atoms. The average Bonchev–Trinajstić information content (AvgIpc) is 3.22. The lowest BCUT2D eigenvalue weighted by Crippen LogP contribution is -2.86. The number of carbonyl (C=O) groups excluding carboxylic acids is 1. The Morgan fingerprint density at radius 2 is 2.00 bits per heavy atom. The molecule has 0 spiro atoms.